The number of methoxy groups -OCH3 is 1. The Morgan fingerprint density at radius 1 is 1.32 bits per heavy atom. The molecule has 19 heavy (non-hydrogen) atoms. The summed E-state index contributed by atoms with van der Waals surface area (Å²) in [6.45, 7) is 4.91. The summed E-state index contributed by atoms with van der Waals surface area (Å²) < 4.78 is 11.9. The summed E-state index contributed by atoms with van der Waals surface area (Å²) in [5.74, 6) is 2.68. The van der Waals surface area contributed by atoms with Crippen LogP contribution in [-0.2, 0) is 0 Å². The summed E-state index contributed by atoms with van der Waals surface area (Å²) in [5.41, 5.74) is 1.14. The first-order valence-electron chi connectivity index (χ1n) is 6.29. The summed E-state index contributed by atoms with van der Waals surface area (Å²) >= 11 is 3.52. The minimum Gasteiger partial charge on any atom is -0.496 e. The molecular weight excluding hydrogens is 306 g/mol. The van der Waals surface area contributed by atoms with E-state index in [1.807, 2.05) is 25.1 Å². The van der Waals surface area contributed by atoms with Crippen LogP contribution in [0.2, 0.25) is 0 Å². The highest BCUT2D eigenvalue weighted by molar-refractivity contribution is 9.10. The van der Waals surface area contributed by atoms with Gasteiger partial charge in [-0.2, -0.15) is 0 Å². The SMILES string of the molecule is CCNC(c1ccc(OC)c(Br)c1)c1ccc(C)o1. The molecule has 0 amide bonds. The van der Waals surface area contributed by atoms with Crippen molar-refractivity contribution in [2.45, 2.75) is 19.9 Å². The van der Waals surface area contributed by atoms with Gasteiger partial charge >= 0.3 is 0 Å². The van der Waals surface area contributed by atoms with Crippen molar-refractivity contribution in [1.82, 2.24) is 5.32 Å². The highest BCUT2D eigenvalue weighted by Gasteiger charge is 2.17. The van der Waals surface area contributed by atoms with Crippen LogP contribution < -0.4 is 10.1 Å². The molecule has 102 valence electrons. The number of hydrogen-bond acceptors (Lipinski definition) is 3. The molecule has 1 atom stereocenters. The van der Waals surface area contributed by atoms with Crippen molar-refractivity contribution in [1.29, 1.82) is 0 Å². The smallest absolute Gasteiger partial charge is 0.133 e. The van der Waals surface area contributed by atoms with Crippen LogP contribution in [0.4, 0.5) is 0 Å². The molecule has 2 rings (SSSR count). The van der Waals surface area contributed by atoms with E-state index in [0.717, 1.165) is 33.9 Å². The molecule has 0 saturated heterocycles. The minimum atomic E-state index is 0.0564. The van der Waals surface area contributed by atoms with Crippen molar-refractivity contribution in [3.8, 4) is 5.75 Å². The molecule has 1 unspecified atom stereocenters. The predicted octanol–water partition coefficient (Wildman–Crippen LogP) is 4.06. The summed E-state index contributed by atoms with van der Waals surface area (Å²) in [7, 11) is 1.66. The summed E-state index contributed by atoms with van der Waals surface area (Å²) in [5, 5.41) is 3.44. The molecule has 0 aliphatic heterocycles. The van der Waals surface area contributed by atoms with Crippen LogP contribution >= 0.6 is 15.9 Å². The van der Waals surface area contributed by atoms with E-state index in [9.17, 15) is 0 Å². The monoisotopic (exact) mass is 323 g/mol. The van der Waals surface area contributed by atoms with E-state index in [1.54, 1.807) is 7.11 Å². The Balaban J connectivity index is 2.36. The van der Waals surface area contributed by atoms with Gasteiger partial charge in [-0.15, -0.1) is 0 Å². The van der Waals surface area contributed by atoms with E-state index in [4.69, 9.17) is 9.15 Å². The fraction of sp³-hybridized carbons (Fsp3) is 0.333. The zero-order valence-corrected chi connectivity index (χ0v) is 13.0. The normalized spacial score (nSPS) is 12.4. The fourth-order valence-corrected chi connectivity index (χ4v) is 2.62. The molecule has 1 N–H and O–H groups in total. The second-order valence-corrected chi connectivity index (χ2v) is 5.19. The number of rotatable bonds is 5. The van der Waals surface area contributed by atoms with Gasteiger partial charge in [-0.1, -0.05) is 13.0 Å². The molecule has 0 saturated carbocycles. The zero-order valence-electron chi connectivity index (χ0n) is 11.4. The third-order valence-corrected chi connectivity index (χ3v) is 3.58. The van der Waals surface area contributed by atoms with Crippen LogP contribution in [-0.4, -0.2) is 13.7 Å². The Kier molecular flexibility index (Phi) is 4.66. The summed E-state index contributed by atoms with van der Waals surface area (Å²) in [4.78, 5) is 0. The van der Waals surface area contributed by atoms with Gasteiger partial charge in [0.15, 0.2) is 0 Å². The van der Waals surface area contributed by atoms with Gasteiger partial charge in [0.05, 0.1) is 17.6 Å². The molecule has 0 bridgehead atoms. The molecule has 0 aliphatic carbocycles. The van der Waals surface area contributed by atoms with E-state index in [1.165, 1.54) is 0 Å². The Morgan fingerprint density at radius 2 is 2.11 bits per heavy atom. The van der Waals surface area contributed by atoms with Crippen LogP contribution in [0.25, 0.3) is 0 Å². The highest BCUT2D eigenvalue weighted by atomic mass is 79.9. The summed E-state index contributed by atoms with van der Waals surface area (Å²) in [6.07, 6.45) is 0. The number of aryl methyl sites for hydroxylation is 1. The first-order chi connectivity index (χ1) is 9.15. The van der Waals surface area contributed by atoms with Gasteiger partial charge in [-0.25, -0.2) is 0 Å². The van der Waals surface area contributed by atoms with Crippen LogP contribution in [0.1, 0.15) is 30.0 Å². The largest absolute Gasteiger partial charge is 0.496 e. The van der Waals surface area contributed by atoms with Crippen molar-refractivity contribution in [3.05, 3.63) is 51.9 Å². The number of halogens is 1. The van der Waals surface area contributed by atoms with Gasteiger partial charge in [0.1, 0.15) is 17.3 Å². The summed E-state index contributed by atoms with van der Waals surface area (Å²) in [6, 6.07) is 10.1. The van der Waals surface area contributed by atoms with Crippen LogP contribution in [0.5, 0.6) is 5.75 Å². The van der Waals surface area contributed by atoms with E-state index in [-0.39, 0.29) is 6.04 Å². The minimum absolute atomic E-state index is 0.0564. The van der Waals surface area contributed by atoms with Gasteiger partial charge in [0.2, 0.25) is 0 Å². The average Bonchev–Trinajstić information content (AvgIpc) is 2.82. The van der Waals surface area contributed by atoms with Crippen LogP contribution in [0.3, 0.4) is 0 Å². The number of furan rings is 1. The predicted molar refractivity (Wildman–Crippen MR) is 79.7 cm³/mol. The molecule has 1 aromatic carbocycles. The molecule has 4 heteroatoms. The third kappa shape index (κ3) is 3.19. The number of hydrogen-bond donors (Lipinski definition) is 1. The maximum Gasteiger partial charge on any atom is 0.133 e. The standard InChI is InChI=1S/C15H18BrNO2/c1-4-17-15(14-7-5-10(2)19-14)11-6-8-13(18-3)12(16)9-11/h5-9,15,17H,4H2,1-3H3. The second kappa shape index (κ2) is 6.26. The van der Waals surface area contributed by atoms with Crippen molar-refractivity contribution in [2.24, 2.45) is 0 Å². The lowest BCUT2D eigenvalue weighted by Gasteiger charge is -2.17. The first kappa shape index (κ1) is 14.2. The van der Waals surface area contributed by atoms with E-state index < -0.39 is 0 Å². The maximum atomic E-state index is 5.74. The number of ether oxygens (including phenoxy) is 1. The molecule has 1 heterocycles. The Bertz CT molecular complexity index is 551. The molecule has 0 fully saturated rings. The second-order valence-electron chi connectivity index (χ2n) is 4.33. The van der Waals surface area contributed by atoms with Crippen LogP contribution in [0, 0.1) is 6.92 Å². The molecule has 1 aromatic heterocycles. The van der Waals surface area contributed by atoms with Gasteiger partial charge in [0.25, 0.3) is 0 Å². The van der Waals surface area contributed by atoms with Gasteiger partial charge in [-0.3, -0.25) is 0 Å². The third-order valence-electron chi connectivity index (χ3n) is 2.96. The van der Waals surface area contributed by atoms with Crippen molar-refractivity contribution in [2.75, 3.05) is 13.7 Å². The van der Waals surface area contributed by atoms with Crippen LogP contribution in [0.15, 0.2) is 39.2 Å². The zero-order chi connectivity index (χ0) is 13.8. The van der Waals surface area contributed by atoms with E-state index in [2.05, 4.69) is 40.3 Å². The molecule has 0 aliphatic rings. The van der Waals surface area contributed by atoms with Gasteiger partial charge in [-0.05, 0) is 59.2 Å². The quantitative estimate of drug-likeness (QED) is 0.901. The Hall–Kier alpha value is -1.26. The fourth-order valence-electron chi connectivity index (χ4n) is 2.06. The molecule has 3 nitrogen and oxygen atoms in total. The first-order valence-corrected chi connectivity index (χ1v) is 7.08. The maximum absolute atomic E-state index is 5.74. The molecule has 2 aromatic rings. The molecular formula is C15H18BrNO2. The lowest BCUT2D eigenvalue weighted by molar-refractivity contribution is 0.410. The Labute approximate surface area is 122 Å². The number of benzene rings is 1. The molecule has 0 radical (unpaired) electrons. The van der Waals surface area contributed by atoms with Crippen molar-refractivity contribution >= 4 is 15.9 Å². The van der Waals surface area contributed by atoms with Crippen molar-refractivity contribution < 1.29 is 9.15 Å². The molecule has 0 spiro atoms. The highest BCUT2D eigenvalue weighted by Crippen LogP contribution is 2.31. The van der Waals surface area contributed by atoms with Gasteiger partial charge < -0.3 is 14.5 Å². The lowest BCUT2D eigenvalue weighted by atomic mass is 10.0. The van der Waals surface area contributed by atoms with E-state index >= 15 is 0 Å². The number of nitrogens with one attached hydrogen (secondary N) is 1. The lowest BCUT2D eigenvalue weighted by Crippen LogP contribution is -2.21. The van der Waals surface area contributed by atoms with Crippen molar-refractivity contribution in [3.63, 3.8) is 0 Å². The Morgan fingerprint density at radius 3 is 2.63 bits per heavy atom. The topological polar surface area (TPSA) is 34.4 Å². The van der Waals surface area contributed by atoms with E-state index in [0.29, 0.717) is 0 Å². The average molecular weight is 324 g/mol. The van der Waals surface area contributed by atoms with Gasteiger partial charge in [0, 0.05) is 0 Å².